The molecule has 0 radical (unpaired) electrons. The van der Waals surface area contributed by atoms with Crippen LogP contribution in [0.3, 0.4) is 0 Å². The highest BCUT2D eigenvalue weighted by Gasteiger charge is 2.12. The van der Waals surface area contributed by atoms with Crippen LogP contribution in [0.4, 0.5) is 0 Å². The number of ether oxygens (including phenoxy) is 1. The first kappa shape index (κ1) is 14.7. The molecule has 0 saturated heterocycles. The van der Waals surface area contributed by atoms with Crippen molar-refractivity contribution in [1.82, 2.24) is 14.6 Å². The topological polar surface area (TPSA) is 39.4 Å². The van der Waals surface area contributed by atoms with Gasteiger partial charge >= 0.3 is 0 Å². The quantitative estimate of drug-likeness (QED) is 0.543. The number of hydrogen-bond donors (Lipinski definition) is 0. The summed E-state index contributed by atoms with van der Waals surface area (Å²) >= 11 is 6.11. The third-order valence-electron chi connectivity index (χ3n) is 3.92. The lowest BCUT2D eigenvalue weighted by atomic mass is 10.1. The van der Waals surface area contributed by atoms with E-state index in [4.69, 9.17) is 16.3 Å². The lowest BCUT2D eigenvalue weighted by Crippen LogP contribution is -1.95. The van der Waals surface area contributed by atoms with E-state index in [1.165, 1.54) is 0 Å². The minimum absolute atomic E-state index is 0.693. The summed E-state index contributed by atoms with van der Waals surface area (Å²) in [6, 6.07) is 17.5. The van der Waals surface area contributed by atoms with E-state index >= 15 is 0 Å². The second-order valence-corrected chi connectivity index (χ2v) is 5.80. The average Bonchev–Trinajstić information content (AvgIpc) is 3.06. The number of aromatic nitrogens is 3. The number of rotatable bonds is 3. The minimum atomic E-state index is 0.693. The number of nitrogens with zero attached hydrogens (tertiary/aromatic N) is 3. The first-order chi connectivity index (χ1) is 11.8. The van der Waals surface area contributed by atoms with Crippen LogP contribution in [-0.4, -0.2) is 21.7 Å². The molecule has 4 nitrogen and oxygen atoms in total. The third kappa shape index (κ3) is 2.51. The van der Waals surface area contributed by atoms with Gasteiger partial charge in [-0.2, -0.15) is 5.10 Å². The van der Waals surface area contributed by atoms with Gasteiger partial charge in [-0.25, -0.2) is 9.50 Å². The molecule has 0 saturated carbocycles. The predicted octanol–water partition coefficient (Wildman–Crippen LogP) is 4.73. The van der Waals surface area contributed by atoms with Gasteiger partial charge in [-0.3, -0.25) is 0 Å². The van der Waals surface area contributed by atoms with Gasteiger partial charge in [0, 0.05) is 22.3 Å². The molecule has 0 atom stereocenters. The van der Waals surface area contributed by atoms with Crippen LogP contribution >= 0.6 is 11.6 Å². The fourth-order valence-corrected chi connectivity index (χ4v) is 2.92. The predicted molar refractivity (Wildman–Crippen MR) is 95.4 cm³/mol. The van der Waals surface area contributed by atoms with Crippen molar-refractivity contribution in [3.8, 4) is 28.1 Å². The number of hydrogen-bond acceptors (Lipinski definition) is 3. The monoisotopic (exact) mass is 335 g/mol. The Morgan fingerprint density at radius 2 is 1.83 bits per heavy atom. The molecule has 0 spiro atoms. The van der Waals surface area contributed by atoms with Crippen molar-refractivity contribution in [2.45, 2.75) is 0 Å². The lowest BCUT2D eigenvalue weighted by Gasteiger charge is -2.06. The van der Waals surface area contributed by atoms with Crippen LogP contribution in [0, 0.1) is 0 Å². The van der Waals surface area contributed by atoms with Crippen molar-refractivity contribution in [2.24, 2.45) is 0 Å². The van der Waals surface area contributed by atoms with Gasteiger partial charge in [-0.15, -0.1) is 0 Å². The zero-order valence-corrected chi connectivity index (χ0v) is 13.7. The summed E-state index contributed by atoms with van der Waals surface area (Å²) in [6.07, 6.45) is 3.62. The van der Waals surface area contributed by atoms with E-state index in [2.05, 4.69) is 10.1 Å². The maximum Gasteiger partial charge on any atom is 0.163 e. The summed E-state index contributed by atoms with van der Waals surface area (Å²) in [6.45, 7) is 0. The van der Waals surface area contributed by atoms with Crippen molar-refractivity contribution < 1.29 is 4.74 Å². The Morgan fingerprint density at radius 1 is 1.00 bits per heavy atom. The molecule has 0 fully saturated rings. The van der Waals surface area contributed by atoms with Crippen molar-refractivity contribution in [3.63, 3.8) is 0 Å². The van der Waals surface area contributed by atoms with Crippen LogP contribution in [-0.2, 0) is 0 Å². The molecule has 0 aliphatic rings. The average molecular weight is 336 g/mol. The summed E-state index contributed by atoms with van der Waals surface area (Å²) in [5, 5.41) is 5.22. The number of benzene rings is 2. The molecule has 0 amide bonds. The van der Waals surface area contributed by atoms with E-state index in [-0.39, 0.29) is 0 Å². The Bertz CT molecular complexity index is 1010. The number of fused-ring (bicyclic) bond motifs is 1. The van der Waals surface area contributed by atoms with Crippen molar-refractivity contribution >= 4 is 17.2 Å². The molecule has 4 aromatic rings. The zero-order valence-electron chi connectivity index (χ0n) is 13.0. The first-order valence-electron chi connectivity index (χ1n) is 7.49. The van der Waals surface area contributed by atoms with E-state index in [0.717, 1.165) is 33.8 Å². The van der Waals surface area contributed by atoms with Crippen LogP contribution in [0.5, 0.6) is 5.75 Å². The number of methoxy groups -OCH3 is 1. The molecule has 24 heavy (non-hydrogen) atoms. The molecule has 4 rings (SSSR count). The second kappa shape index (κ2) is 5.98. The van der Waals surface area contributed by atoms with Gasteiger partial charge in [0.1, 0.15) is 5.75 Å². The highest BCUT2D eigenvalue weighted by Crippen LogP contribution is 2.29. The van der Waals surface area contributed by atoms with Crippen LogP contribution in [0.25, 0.3) is 28.0 Å². The zero-order chi connectivity index (χ0) is 16.5. The van der Waals surface area contributed by atoms with E-state index in [1.54, 1.807) is 13.3 Å². The van der Waals surface area contributed by atoms with E-state index < -0.39 is 0 Å². The fourth-order valence-electron chi connectivity index (χ4n) is 2.73. The lowest BCUT2D eigenvalue weighted by molar-refractivity contribution is 0.415. The van der Waals surface area contributed by atoms with Crippen LogP contribution < -0.4 is 4.74 Å². The Hall–Kier alpha value is -2.85. The van der Waals surface area contributed by atoms with E-state index in [9.17, 15) is 0 Å². The first-order valence-corrected chi connectivity index (χ1v) is 7.87. The Morgan fingerprint density at radius 3 is 2.58 bits per heavy atom. The second-order valence-electron chi connectivity index (χ2n) is 5.36. The largest absolute Gasteiger partial charge is 0.497 e. The molecule has 2 aromatic carbocycles. The molecule has 0 N–H and O–H groups in total. The van der Waals surface area contributed by atoms with Gasteiger partial charge in [0.15, 0.2) is 5.65 Å². The van der Waals surface area contributed by atoms with Gasteiger partial charge < -0.3 is 4.74 Å². The van der Waals surface area contributed by atoms with Gasteiger partial charge in [-0.05, 0) is 48.0 Å². The third-order valence-corrected chi connectivity index (χ3v) is 4.16. The molecule has 5 heteroatoms. The van der Waals surface area contributed by atoms with E-state index in [1.807, 2.05) is 65.3 Å². The molecular weight excluding hydrogens is 322 g/mol. The smallest absolute Gasteiger partial charge is 0.163 e. The number of halogens is 1. The van der Waals surface area contributed by atoms with Gasteiger partial charge in [-0.1, -0.05) is 23.7 Å². The summed E-state index contributed by atoms with van der Waals surface area (Å²) in [7, 11) is 1.66. The Kier molecular flexibility index (Phi) is 3.67. The van der Waals surface area contributed by atoms with Gasteiger partial charge in [0.2, 0.25) is 0 Å². The summed E-state index contributed by atoms with van der Waals surface area (Å²) < 4.78 is 7.06. The Labute approximate surface area is 144 Å². The van der Waals surface area contributed by atoms with Crippen LogP contribution in [0.15, 0.2) is 67.0 Å². The summed E-state index contributed by atoms with van der Waals surface area (Å²) in [5.74, 6) is 0.823. The molecule has 0 unspecified atom stereocenters. The van der Waals surface area contributed by atoms with E-state index in [0.29, 0.717) is 5.02 Å². The van der Waals surface area contributed by atoms with Gasteiger partial charge in [0.25, 0.3) is 0 Å². The molecule has 0 aliphatic heterocycles. The summed E-state index contributed by atoms with van der Waals surface area (Å²) in [5.41, 5.74) is 4.76. The van der Waals surface area contributed by atoms with Gasteiger partial charge in [0.05, 0.1) is 19.0 Å². The molecular formula is C19H14ClN3O. The normalized spacial score (nSPS) is 10.9. The van der Waals surface area contributed by atoms with Crippen molar-refractivity contribution in [2.75, 3.05) is 7.11 Å². The molecule has 118 valence electrons. The summed E-state index contributed by atoms with van der Waals surface area (Å²) in [4.78, 5) is 4.50. The molecule has 0 bridgehead atoms. The standard InChI is InChI=1S/C19H14ClN3O/c1-24-16-7-5-13(6-8-16)18-9-10-21-19-17(12-22-23(18)19)14-3-2-4-15(20)11-14/h2-12H,1H3. The molecule has 0 aliphatic carbocycles. The SMILES string of the molecule is COc1ccc(-c2ccnc3c(-c4cccc(Cl)c4)cnn23)cc1. The van der Waals surface area contributed by atoms with Crippen molar-refractivity contribution in [3.05, 3.63) is 72.0 Å². The molecule has 2 aromatic heterocycles. The maximum absolute atomic E-state index is 6.11. The van der Waals surface area contributed by atoms with Crippen LogP contribution in [0.1, 0.15) is 0 Å². The molecule has 2 heterocycles. The highest BCUT2D eigenvalue weighted by atomic mass is 35.5. The van der Waals surface area contributed by atoms with Crippen LogP contribution in [0.2, 0.25) is 5.02 Å². The highest BCUT2D eigenvalue weighted by molar-refractivity contribution is 6.30. The Balaban J connectivity index is 1.87. The fraction of sp³-hybridized carbons (Fsp3) is 0.0526. The maximum atomic E-state index is 6.11. The van der Waals surface area contributed by atoms with Crippen molar-refractivity contribution in [1.29, 1.82) is 0 Å². The minimum Gasteiger partial charge on any atom is -0.497 e.